The Kier molecular flexibility index (Phi) is 6.25. The lowest BCUT2D eigenvalue weighted by Crippen LogP contribution is -1.93. The Morgan fingerprint density at radius 2 is 0.837 bits per heavy atom. The van der Waals surface area contributed by atoms with Gasteiger partial charge >= 0.3 is 0 Å². The van der Waals surface area contributed by atoms with Crippen molar-refractivity contribution in [3.8, 4) is 44.5 Å². The normalized spacial score (nSPS) is 11.7. The van der Waals surface area contributed by atoms with Gasteiger partial charge in [-0.05, 0) is 95.0 Å². The van der Waals surface area contributed by atoms with Crippen molar-refractivity contribution in [2.45, 2.75) is 0 Å². The molecule has 1 nitrogen and oxygen atoms in total. The van der Waals surface area contributed by atoms with Crippen molar-refractivity contribution in [1.29, 1.82) is 0 Å². The molecule has 9 aromatic carbocycles. The topological polar surface area (TPSA) is 13.1 Å². The highest BCUT2D eigenvalue weighted by Gasteiger charge is 2.21. The second-order valence-corrected chi connectivity index (χ2v) is 12.8. The molecule has 10 aromatic rings. The van der Waals surface area contributed by atoms with Crippen LogP contribution in [0.25, 0.3) is 98.8 Å². The van der Waals surface area contributed by atoms with Gasteiger partial charge in [0, 0.05) is 10.8 Å². The fraction of sp³-hybridized carbons (Fsp3) is 0. The van der Waals surface area contributed by atoms with E-state index in [2.05, 4.69) is 182 Å². The number of benzene rings is 9. The van der Waals surface area contributed by atoms with Crippen LogP contribution in [0.2, 0.25) is 0 Å². The first-order valence-corrected chi connectivity index (χ1v) is 16.9. The first kappa shape index (κ1) is 27.7. The Labute approximate surface area is 284 Å². The van der Waals surface area contributed by atoms with Gasteiger partial charge in [0.1, 0.15) is 11.2 Å². The van der Waals surface area contributed by atoms with Gasteiger partial charge in [-0.2, -0.15) is 0 Å². The van der Waals surface area contributed by atoms with Crippen LogP contribution in [0.1, 0.15) is 0 Å². The fourth-order valence-electron chi connectivity index (χ4n) is 7.95. The summed E-state index contributed by atoms with van der Waals surface area (Å²) in [7, 11) is 0. The number of hydrogen-bond acceptors (Lipinski definition) is 1. The Balaban J connectivity index is 1.31. The Morgan fingerprint density at radius 1 is 0.286 bits per heavy atom. The summed E-state index contributed by atoms with van der Waals surface area (Å²) in [6, 6.07) is 65.7. The molecule has 0 spiro atoms. The molecule has 0 aliphatic heterocycles. The van der Waals surface area contributed by atoms with Crippen LogP contribution >= 0.6 is 0 Å². The molecule has 1 aromatic heterocycles. The molecule has 1 heteroatoms. The van der Waals surface area contributed by atoms with Gasteiger partial charge in [-0.3, -0.25) is 0 Å². The monoisotopic (exact) mass is 622 g/mol. The van der Waals surface area contributed by atoms with Crippen molar-refractivity contribution < 1.29 is 4.42 Å². The molecule has 0 N–H and O–H groups in total. The molecule has 0 aliphatic rings. The largest absolute Gasteiger partial charge is 0.456 e. The smallest absolute Gasteiger partial charge is 0.136 e. The zero-order chi connectivity index (χ0) is 32.3. The third-order valence-electron chi connectivity index (χ3n) is 10.1. The van der Waals surface area contributed by atoms with Crippen LogP contribution in [0, 0.1) is 0 Å². The molecule has 0 aliphatic carbocycles. The molecule has 10 rings (SSSR count). The maximum atomic E-state index is 6.54. The van der Waals surface area contributed by atoms with Crippen LogP contribution < -0.4 is 0 Å². The molecule has 0 saturated carbocycles. The van der Waals surface area contributed by atoms with E-state index in [0.717, 1.165) is 16.6 Å². The van der Waals surface area contributed by atoms with E-state index in [1.807, 2.05) is 0 Å². The van der Waals surface area contributed by atoms with E-state index in [4.69, 9.17) is 4.42 Å². The predicted octanol–water partition coefficient (Wildman–Crippen LogP) is 13.7. The Morgan fingerprint density at radius 3 is 1.51 bits per heavy atom. The highest BCUT2D eigenvalue weighted by Crippen LogP contribution is 2.48. The van der Waals surface area contributed by atoms with Gasteiger partial charge < -0.3 is 4.42 Å². The highest BCUT2D eigenvalue weighted by atomic mass is 16.3. The maximum Gasteiger partial charge on any atom is 0.136 e. The SMILES string of the molecule is c1ccc(-c2ccc(-c3c4ccccc4c(-c4cccc5oc6ccc7ccccc7c6c45)c4ccccc34)cc2-c2ccccc2)cc1. The van der Waals surface area contributed by atoms with Crippen molar-refractivity contribution in [2.24, 2.45) is 0 Å². The zero-order valence-corrected chi connectivity index (χ0v) is 26.7. The molecule has 0 saturated heterocycles. The van der Waals surface area contributed by atoms with Crippen LogP contribution in [-0.4, -0.2) is 0 Å². The summed E-state index contributed by atoms with van der Waals surface area (Å²) in [4.78, 5) is 0. The summed E-state index contributed by atoms with van der Waals surface area (Å²) in [6.07, 6.45) is 0. The van der Waals surface area contributed by atoms with Gasteiger partial charge in [0.2, 0.25) is 0 Å². The molecule has 0 bridgehead atoms. The zero-order valence-electron chi connectivity index (χ0n) is 26.7. The summed E-state index contributed by atoms with van der Waals surface area (Å²) >= 11 is 0. The first-order valence-electron chi connectivity index (χ1n) is 16.9. The molecule has 0 fully saturated rings. The van der Waals surface area contributed by atoms with Crippen molar-refractivity contribution >= 4 is 54.3 Å². The van der Waals surface area contributed by atoms with Crippen LogP contribution in [0.5, 0.6) is 0 Å². The quantitative estimate of drug-likeness (QED) is 0.178. The molecule has 0 amide bonds. The third-order valence-corrected chi connectivity index (χ3v) is 10.1. The minimum Gasteiger partial charge on any atom is -0.456 e. The Bertz CT molecular complexity index is 2800. The van der Waals surface area contributed by atoms with Crippen LogP contribution in [0.4, 0.5) is 0 Å². The lowest BCUT2D eigenvalue weighted by Gasteiger charge is -2.19. The highest BCUT2D eigenvalue weighted by molar-refractivity contribution is 6.28. The van der Waals surface area contributed by atoms with Gasteiger partial charge in [-0.25, -0.2) is 0 Å². The van der Waals surface area contributed by atoms with Gasteiger partial charge in [-0.15, -0.1) is 0 Å². The summed E-state index contributed by atoms with van der Waals surface area (Å²) in [6.45, 7) is 0. The van der Waals surface area contributed by atoms with E-state index in [0.29, 0.717) is 0 Å². The standard InChI is InChI=1S/C48H30O/c1-3-14-31(15-4-1)35-28-26-34(30-42(35)32-16-5-2-6-17-32)45-37-20-9-11-22-39(37)46(40-23-12-10-21-38(40)45)41-24-13-25-43-48(41)47-36-19-8-7-18-33(36)27-29-44(47)49-43/h1-30H. The first-order chi connectivity index (χ1) is 24.3. The van der Waals surface area contributed by atoms with Gasteiger partial charge in [0.05, 0.1) is 0 Å². The number of rotatable bonds is 4. The summed E-state index contributed by atoms with van der Waals surface area (Å²) in [5.41, 5.74) is 11.6. The van der Waals surface area contributed by atoms with E-state index < -0.39 is 0 Å². The fourth-order valence-corrected chi connectivity index (χ4v) is 7.95. The van der Waals surface area contributed by atoms with E-state index in [-0.39, 0.29) is 0 Å². The molecule has 228 valence electrons. The number of hydrogen-bond donors (Lipinski definition) is 0. The second-order valence-electron chi connectivity index (χ2n) is 12.8. The average molecular weight is 623 g/mol. The molecule has 1 heterocycles. The molecule has 0 radical (unpaired) electrons. The predicted molar refractivity (Wildman–Crippen MR) is 208 cm³/mol. The van der Waals surface area contributed by atoms with E-state index in [1.165, 1.54) is 82.2 Å². The van der Waals surface area contributed by atoms with Crippen LogP contribution in [0.15, 0.2) is 186 Å². The molecule has 0 atom stereocenters. The maximum absolute atomic E-state index is 6.54. The number of furan rings is 1. The van der Waals surface area contributed by atoms with E-state index >= 15 is 0 Å². The second kappa shape index (κ2) is 11.1. The Hall–Kier alpha value is -6.44. The van der Waals surface area contributed by atoms with Crippen molar-refractivity contribution in [2.75, 3.05) is 0 Å². The number of fused-ring (bicyclic) bond motifs is 7. The summed E-state index contributed by atoms with van der Waals surface area (Å²) in [5.74, 6) is 0. The summed E-state index contributed by atoms with van der Waals surface area (Å²) in [5, 5.41) is 9.68. The third kappa shape index (κ3) is 4.33. The molecular weight excluding hydrogens is 593 g/mol. The van der Waals surface area contributed by atoms with E-state index in [9.17, 15) is 0 Å². The van der Waals surface area contributed by atoms with Crippen molar-refractivity contribution in [3.63, 3.8) is 0 Å². The van der Waals surface area contributed by atoms with Crippen LogP contribution in [-0.2, 0) is 0 Å². The lowest BCUT2D eigenvalue weighted by atomic mass is 9.83. The average Bonchev–Trinajstić information content (AvgIpc) is 3.57. The summed E-state index contributed by atoms with van der Waals surface area (Å²) < 4.78 is 6.54. The van der Waals surface area contributed by atoms with Crippen molar-refractivity contribution in [3.05, 3.63) is 182 Å². The van der Waals surface area contributed by atoms with Gasteiger partial charge in [0.15, 0.2) is 0 Å². The minimum atomic E-state index is 0.907. The minimum absolute atomic E-state index is 0.907. The van der Waals surface area contributed by atoms with E-state index in [1.54, 1.807) is 0 Å². The molecule has 49 heavy (non-hydrogen) atoms. The van der Waals surface area contributed by atoms with Gasteiger partial charge in [-0.1, -0.05) is 164 Å². The van der Waals surface area contributed by atoms with Crippen LogP contribution in [0.3, 0.4) is 0 Å². The van der Waals surface area contributed by atoms with Gasteiger partial charge in [0.25, 0.3) is 0 Å². The molecular formula is C48H30O. The lowest BCUT2D eigenvalue weighted by molar-refractivity contribution is 0.669. The van der Waals surface area contributed by atoms with Crippen molar-refractivity contribution in [1.82, 2.24) is 0 Å². The molecule has 0 unspecified atom stereocenters.